The van der Waals surface area contributed by atoms with E-state index < -0.39 is 0 Å². The summed E-state index contributed by atoms with van der Waals surface area (Å²) in [5.41, 5.74) is 0. The van der Waals surface area contributed by atoms with Crippen molar-refractivity contribution in [3.05, 3.63) is 12.3 Å². The zero-order chi connectivity index (χ0) is 9.84. The highest BCUT2D eigenvalue weighted by Crippen LogP contribution is 2.12. The number of carbonyl (C=O) groups excluding carboxylic acids is 1. The molecule has 0 unspecified atom stereocenters. The summed E-state index contributed by atoms with van der Waals surface area (Å²) in [6, 6.07) is 2.06. The predicted molar refractivity (Wildman–Crippen MR) is 60.1 cm³/mol. The summed E-state index contributed by atoms with van der Waals surface area (Å²) in [6.45, 7) is 4.04. The van der Waals surface area contributed by atoms with Crippen molar-refractivity contribution < 1.29 is 4.79 Å². The third-order valence-electron chi connectivity index (χ3n) is 1.55. The van der Waals surface area contributed by atoms with Crippen LogP contribution in [0.2, 0.25) is 0 Å². The van der Waals surface area contributed by atoms with E-state index in [1.807, 2.05) is 36.4 Å². The first-order chi connectivity index (χ1) is 6.15. The minimum Gasteiger partial charge on any atom is -0.310 e. The molecule has 0 aliphatic heterocycles. The van der Waals surface area contributed by atoms with Crippen molar-refractivity contribution in [2.24, 2.45) is 0 Å². The summed E-state index contributed by atoms with van der Waals surface area (Å²) in [6.07, 6.45) is 1.68. The Hall–Kier alpha value is -0.590. The Kier molecular flexibility index (Phi) is 3.71. The summed E-state index contributed by atoms with van der Waals surface area (Å²) < 4.78 is 2.24. The summed E-state index contributed by atoms with van der Waals surface area (Å²) in [5, 5.41) is 6.88. The van der Waals surface area contributed by atoms with Crippen LogP contribution in [0.1, 0.15) is 19.9 Å². The summed E-state index contributed by atoms with van der Waals surface area (Å²) in [4.78, 5) is 11.1. The topological polar surface area (TPSA) is 46.9 Å². The molecular weight excluding hydrogens is 281 g/mol. The normalized spacial score (nSPS) is 10.5. The van der Waals surface area contributed by atoms with Crippen molar-refractivity contribution in [3.63, 3.8) is 0 Å². The Morgan fingerprint density at radius 2 is 2.46 bits per heavy atom. The van der Waals surface area contributed by atoms with Gasteiger partial charge in [-0.1, -0.05) is 22.6 Å². The van der Waals surface area contributed by atoms with Gasteiger partial charge in [0.1, 0.15) is 5.82 Å². The van der Waals surface area contributed by atoms with Gasteiger partial charge in [-0.05, 0) is 13.8 Å². The number of hydrogen-bond acceptors (Lipinski definition) is 2. The largest absolute Gasteiger partial charge is 0.310 e. The van der Waals surface area contributed by atoms with E-state index in [4.69, 9.17) is 0 Å². The third kappa shape index (κ3) is 2.68. The number of halogens is 1. The van der Waals surface area contributed by atoms with Crippen molar-refractivity contribution in [1.82, 2.24) is 9.78 Å². The van der Waals surface area contributed by atoms with Gasteiger partial charge in [0.25, 0.3) is 0 Å². The van der Waals surface area contributed by atoms with Crippen molar-refractivity contribution in [1.29, 1.82) is 0 Å². The van der Waals surface area contributed by atoms with E-state index in [1.165, 1.54) is 0 Å². The van der Waals surface area contributed by atoms with Gasteiger partial charge in [-0.3, -0.25) is 4.79 Å². The molecule has 0 bridgehead atoms. The molecule has 0 spiro atoms. The second kappa shape index (κ2) is 4.59. The lowest BCUT2D eigenvalue weighted by molar-refractivity contribution is -0.113. The maximum atomic E-state index is 11.1. The number of hydrogen-bond donors (Lipinski definition) is 1. The molecule has 1 rings (SSSR count). The van der Waals surface area contributed by atoms with Crippen molar-refractivity contribution in [2.75, 3.05) is 9.74 Å². The van der Waals surface area contributed by atoms with Gasteiger partial charge in [0.05, 0.1) is 10.6 Å². The first-order valence-corrected chi connectivity index (χ1v) is 5.57. The Bertz CT molecular complexity index is 295. The van der Waals surface area contributed by atoms with E-state index in [0.29, 0.717) is 4.43 Å². The number of carbonyl (C=O) groups is 1. The highest BCUT2D eigenvalue weighted by Gasteiger charge is 2.07. The molecule has 1 amide bonds. The van der Waals surface area contributed by atoms with Gasteiger partial charge in [0.15, 0.2) is 0 Å². The van der Waals surface area contributed by atoms with Gasteiger partial charge < -0.3 is 5.32 Å². The molecule has 0 radical (unpaired) electrons. The SMILES string of the molecule is CC(C)n1nccc1NC(=O)CI. The highest BCUT2D eigenvalue weighted by molar-refractivity contribution is 14.1. The van der Waals surface area contributed by atoms with Crippen LogP contribution in [0, 0.1) is 0 Å². The Morgan fingerprint density at radius 1 is 1.77 bits per heavy atom. The van der Waals surface area contributed by atoms with Crippen LogP contribution >= 0.6 is 22.6 Å². The molecule has 1 aromatic rings. The molecule has 1 heterocycles. The molecule has 0 fully saturated rings. The molecule has 0 atom stereocenters. The molecule has 72 valence electrons. The van der Waals surface area contributed by atoms with Crippen molar-refractivity contribution in [2.45, 2.75) is 19.9 Å². The van der Waals surface area contributed by atoms with E-state index in [-0.39, 0.29) is 11.9 Å². The fraction of sp³-hybridized carbons (Fsp3) is 0.500. The number of nitrogens with zero attached hydrogens (tertiary/aromatic N) is 2. The van der Waals surface area contributed by atoms with Crippen LogP contribution in [0.5, 0.6) is 0 Å². The van der Waals surface area contributed by atoms with Gasteiger partial charge in [0.2, 0.25) is 5.91 Å². The van der Waals surface area contributed by atoms with Crippen LogP contribution in [0.4, 0.5) is 5.82 Å². The minimum absolute atomic E-state index is 0.00278. The number of amides is 1. The van der Waals surface area contributed by atoms with E-state index in [2.05, 4.69) is 10.4 Å². The highest BCUT2D eigenvalue weighted by atomic mass is 127. The molecular formula is C8H12IN3O. The number of alkyl halides is 1. The maximum Gasteiger partial charge on any atom is 0.235 e. The number of anilines is 1. The maximum absolute atomic E-state index is 11.1. The monoisotopic (exact) mass is 293 g/mol. The van der Waals surface area contributed by atoms with Gasteiger partial charge in [0, 0.05) is 12.1 Å². The Balaban J connectivity index is 2.76. The number of rotatable bonds is 3. The summed E-state index contributed by atoms with van der Waals surface area (Å²) in [7, 11) is 0. The van der Waals surface area contributed by atoms with Crippen molar-refractivity contribution in [3.8, 4) is 0 Å². The molecule has 0 saturated heterocycles. The molecule has 1 N–H and O–H groups in total. The second-order valence-electron chi connectivity index (χ2n) is 2.94. The van der Waals surface area contributed by atoms with Gasteiger partial charge in [-0.2, -0.15) is 5.10 Å². The predicted octanol–water partition coefficient (Wildman–Crippen LogP) is 1.84. The average molecular weight is 293 g/mol. The molecule has 4 nitrogen and oxygen atoms in total. The Morgan fingerprint density at radius 3 is 3.00 bits per heavy atom. The molecule has 0 aliphatic carbocycles. The van der Waals surface area contributed by atoms with Crippen LogP contribution in [-0.2, 0) is 4.79 Å². The fourth-order valence-corrected chi connectivity index (χ4v) is 1.19. The van der Waals surface area contributed by atoms with Crippen LogP contribution in [0.25, 0.3) is 0 Å². The second-order valence-corrected chi connectivity index (χ2v) is 3.70. The lowest BCUT2D eigenvalue weighted by Gasteiger charge is -2.10. The quantitative estimate of drug-likeness (QED) is 0.683. The van der Waals surface area contributed by atoms with Gasteiger partial charge in [-0.15, -0.1) is 0 Å². The molecule has 0 aromatic carbocycles. The Labute approximate surface area is 90.8 Å². The van der Waals surface area contributed by atoms with E-state index >= 15 is 0 Å². The first kappa shape index (κ1) is 10.5. The van der Waals surface area contributed by atoms with Crippen LogP contribution in [0.15, 0.2) is 12.3 Å². The lowest BCUT2D eigenvalue weighted by atomic mass is 10.4. The molecule has 13 heavy (non-hydrogen) atoms. The average Bonchev–Trinajstić information content (AvgIpc) is 2.52. The van der Waals surface area contributed by atoms with E-state index in [1.54, 1.807) is 16.9 Å². The molecule has 1 aromatic heterocycles. The summed E-state index contributed by atoms with van der Waals surface area (Å²) in [5.74, 6) is 0.764. The van der Waals surface area contributed by atoms with Crippen LogP contribution in [-0.4, -0.2) is 20.1 Å². The van der Waals surface area contributed by atoms with Crippen LogP contribution in [0.3, 0.4) is 0 Å². The number of aromatic nitrogens is 2. The summed E-state index contributed by atoms with van der Waals surface area (Å²) >= 11 is 2.03. The standard InChI is InChI=1S/C8H12IN3O/c1-6(2)12-7(3-4-10-12)11-8(13)5-9/h3-4,6H,5H2,1-2H3,(H,11,13). The van der Waals surface area contributed by atoms with Crippen LogP contribution < -0.4 is 5.32 Å². The molecule has 5 heteroatoms. The minimum atomic E-state index is 0.00278. The number of nitrogens with one attached hydrogen (secondary N) is 1. The molecule has 0 saturated carbocycles. The zero-order valence-corrected chi connectivity index (χ0v) is 9.78. The van der Waals surface area contributed by atoms with E-state index in [9.17, 15) is 4.79 Å². The van der Waals surface area contributed by atoms with Gasteiger partial charge in [-0.25, -0.2) is 4.68 Å². The van der Waals surface area contributed by atoms with E-state index in [0.717, 1.165) is 5.82 Å². The fourth-order valence-electron chi connectivity index (χ4n) is 1.00. The third-order valence-corrected chi connectivity index (χ3v) is 2.24. The lowest BCUT2D eigenvalue weighted by Crippen LogP contribution is -2.17. The van der Waals surface area contributed by atoms with Crippen molar-refractivity contribution >= 4 is 34.3 Å². The molecule has 0 aliphatic rings. The first-order valence-electron chi connectivity index (χ1n) is 4.04. The zero-order valence-electron chi connectivity index (χ0n) is 7.62. The van der Waals surface area contributed by atoms with Gasteiger partial charge >= 0.3 is 0 Å². The smallest absolute Gasteiger partial charge is 0.235 e.